The Morgan fingerprint density at radius 2 is 2.36 bits per heavy atom. The third-order valence-electron chi connectivity index (χ3n) is 1.68. The predicted molar refractivity (Wildman–Crippen MR) is 46.2 cm³/mol. The summed E-state index contributed by atoms with van der Waals surface area (Å²) in [5.41, 5.74) is 0.815. The third kappa shape index (κ3) is 2.54. The van der Waals surface area contributed by atoms with Gasteiger partial charge < -0.3 is 0 Å². The van der Waals surface area contributed by atoms with Gasteiger partial charge in [-0.25, -0.2) is 0 Å². The number of allylic oxidation sites excluding steroid dienone is 6. The fourth-order valence-corrected chi connectivity index (χ4v) is 1.10. The summed E-state index contributed by atoms with van der Waals surface area (Å²) in [7, 11) is 0. The molecule has 0 amide bonds. The Bertz CT molecular complexity index is 221. The molecule has 1 aliphatic rings. The van der Waals surface area contributed by atoms with Crippen LogP contribution < -0.4 is 0 Å². The van der Waals surface area contributed by atoms with E-state index in [-0.39, 0.29) is 0 Å². The van der Waals surface area contributed by atoms with Crippen molar-refractivity contribution in [3.05, 3.63) is 36.0 Å². The van der Waals surface area contributed by atoms with E-state index in [4.69, 9.17) is 0 Å². The summed E-state index contributed by atoms with van der Waals surface area (Å²) in [4.78, 5) is 10.3. The zero-order valence-electron chi connectivity index (χ0n) is 6.66. The summed E-state index contributed by atoms with van der Waals surface area (Å²) >= 11 is 0. The third-order valence-corrected chi connectivity index (χ3v) is 1.68. The molecule has 0 aromatic heterocycles. The highest BCUT2D eigenvalue weighted by Crippen LogP contribution is 2.13. The second kappa shape index (κ2) is 3.91. The highest BCUT2D eigenvalue weighted by Gasteiger charge is 2.00. The zero-order chi connectivity index (χ0) is 8.10. The van der Waals surface area contributed by atoms with Crippen LogP contribution in [0.15, 0.2) is 36.0 Å². The van der Waals surface area contributed by atoms with Crippen molar-refractivity contribution < 1.29 is 4.79 Å². The summed E-state index contributed by atoms with van der Waals surface area (Å²) in [6.07, 6.45) is 12.2. The first-order valence-corrected chi connectivity index (χ1v) is 3.80. The quantitative estimate of drug-likeness (QED) is 0.433. The minimum Gasteiger partial charge on any atom is -0.298 e. The van der Waals surface area contributed by atoms with E-state index in [0.29, 0.717) is 5.92 Å². The van der Waals surface area contributed by atoms with Crippen LogP contribution in [0.5, 0.6) is 0 Å². The first-order valence-electron chi connectivity index (χ1n) is 3.80. The molecule has 0 saturated heterocycles. The molecule has 1 unspecified atom stereocenters. The van der Waals surface area contributed by atoms with Crippen LogP contribution in [0.3, 0.4) is 0 Å². The standard InChI is InChI=1S/C10H12O/c1-9(8-11)7-10-5-3-2-4-6-10/h2-5,7-8,10H,6H2,1H3. The number of aldehydes is 1. The number of carbonyl (C=O) groups is 1. The normalized spacial score (nSPS) is 23.7. The van der Waals surface area contributed by atoms with Gasteiger partial charge in [0.15, 0.2) is 0 Å². The number of carbonyl (C=O) groups excluding carboxylic acids is 1. The second-order valence-corrected chi connectivity index (χ2v) is 2.74. The van der Waals surface area contributed by atoms with Gasteiger partial charge in [-0.05, 0) is 24.8 Å². The molecular weight excluding hydrogens is 136 g/mol. The van der Waals surface area contributed by atoms with Gasteiger partial charge in [0, 0.05) is 0 Å². The molecule has 0 bridgehead atoms. The second-order valence-electron chi connectivity index (χ2n) is 2.74. The highest BCUT2D eigenvalue weighted by atomic mass is 16.1. The van der Waals surface area contributed by atoms with Crippen molar-refractivity contribution >= 4 is 6.29 Å². The molecule has 0 aliphatic heterocycles. The Balaban J connectivity index is 2.56. The van der Waals surface area contributed by atoms with Crippen LogP contribution in [0.25, 0.3) is 0 Å². The van der Waals surface area contributed by atoms with Crippen molar-refractivity contribution in [2.45, 2.75) is 13.3 Å². The molecule has 1 rings (SSSR count). The Kier molecular flexibility index (Phi) is 2.84. The van der Waals surface area contributed by atoms with Gasteiger partial charge in [-0.15, -0.1) is 0 Å². The molecule has 1 nitrogen and oxygen atoms in total. The minimum atomic E-state index is 0.421. The molecule has 0 fully saturated rings. The molecule has 58 valence electrons. The Labute approximate surface area is 67.1 Å². The van der Waals surface area contributed by atoms with Crippen LogP contribution >= 0.6 is 0 Å². The van der Waals surface area contributed by atoms with Gasteiger partial charge >= 0.3 is 0 Å². The maximum Gasteiger partial charge on any atom is 0.145 e. The van der Waals surface area contributed by atoms with Crippen LogP contribution in [-0.2, 0) is 4.79 Å². The van der Waals surface area contributed by atoms with E-state index in [2.05, 4.69) is 12.2 Å². The zero-order valence-corrected chi connectivity index (χ0v) is 6.66. The van der Waals surface area contributed by atoms with Crippen molar-refractivity contribution in [2.24, 2.45) is 5.92 Å². The van der Waals surface area contributed by atoms with Crippen LogP contribution in [0.4, 0.5) is 0 Å². The van der Waals surface area contributed by atoms with Crippen molar-refractivity contribution in [1.29, 1.82) is 0 Å². The van der Waals surface area contributed by atoms with E-state index in [0.717, 1.165) is 18.3 Å². The van der Waals surface area contributed by atoms with Gasteiger partial charge in [0.2, 0.25) is 0 Å². The lowest BCUT2D eigenvalue weighted by Gasteiger charge is -2.06. The summed E-state index contributed by atoms with van der Waals surface area (Å²) in [6.45, 7) is 1.83. The highest BCUT2D eigenvalue weighted by molar-refractivity contribution is 5.72. The van der Waals surface area contributed by atoms with E-state index >= 15 is 0 Å². The summed E-state index contributed by atoms with van der Waals surface area (Å²) < 4.78 is 0. The maximum atomic E-state index is 10.3. The van der Waals surface area contributed by atoms with Crippen molar-refractivity contribution in [1.82, 2.24) is 0 Å². The van der Waals surface area contributed by atoms with Crippen LogP contribution in [0.2, 0.25) is 0 Å². The summed E-state index contributed by atoms with van der Waals surface area (Å²) in [5, 5.41) is 0. The smallest absolute Gasteiger partial charge is 0.145 e. The molecular formula is C10H12O. The van der Waals surface area contributed by atoms with Gasteiger partial charge in [0.05, 0.1) is 0 Å². The molecule has 0 radical (unpaired) electrons. The maximum absolute atomic E-state index is 10.3. The molecule has 0 aromatic carbocycles. The topological polar surface area (TPSA) is 17.1 Å². The average molecular weight is 148 g/mol. The molecule has 11 heavy (non-hydrogen) atoms. The van der Waals surface area contributed by atoms with Gasteiger partial charge in [0.25, 0.3) is 0 Å². The number of rotatable bonds is 2. The monoisotopic (exact) mass is 148 g/mol. The Morgan fingerprint density at radius 1 is 1.55 bits per heavy atom. The lowest BCUT2D eigenvalue weighted by atomic mass is 9.99. The SMILES string of the molecule is CC(C=O)=CC1C=CC=CC1. The van der Waals surface area contributed by atoms with Gasteiger partial charge in [0.1, 0.15) is 6.29 Å². The van der Waals surface area contributed by atoms with Crippen LogP contribution in [0.1, 0.15) is 13.3 Å². The van der Waals surface area contributed by atoms with Crippen molar-refractivity contribution in [3.8, 4) is 0 Å². The van der Waals surface area contributed by atoms with E-state index in [1.165, 1.54) is 0 Å². The summed E-state index contributed by atoms with van der Waals surface area (Å²) in [5.74, 6) is 0.421. The van der Waals surface area contributed by atoms with Crippen molar-refractivity contribution in [2.75, 3.05) is 0 Å². The average Bonchev–Trinajstić information content (AvgIpc) is 2.06. The molecule has 0 aromatic rings. The molecule has 0 saturated carbocycles. The van der Waals surface area contributed by atoms with E-state index in [9.17, 15) is 4.79 Å². The minimum absolute atomic E-state index is 0.421. The predicted octanol–water partition coefficient (Wildman–Crippen LogP) is 2.26. The molecule has 0 spiro atoms. The fraction of sp³-hybridized carbons (Fsp3) is 0.300. The van der Waals surface area contributed by atoms with Gasteiger partial charge in [-0.3, -0.25) is 4.79 Å². The van der Waals surface area contributed by atoms with E-state index in [1.54, 1.807) is 0 Å². The first-order chi connectivity index (χ1) is 5.33. The summed E-state index contributed by atoms with van der Waals surface area (Å²) in [6, 6.07) is 0. The van der Waals surface area contributed by atoms with Crippen molar-refractivity contribution in [3.63, 3.8) is 0 Å². The lowest BCUT2D eigenvalue weighted by molar-refractivity contribution is -0.104. The van der Waals surface area contributed by atoms with E-state index < -0.39 is 0 Å². The van der Waals surface area contributed by atoms with Gasteiger partial charge in [-0.2, -0.15) is 0 Å². The van der Waals surface area contributed by atoms with Crippen LogP contribution in [0, 0.1) is 5.92 Å². The molecule has 1 atom stereocenters. The van der Waals surface area contributed by atoms with Gasteiger partial charge in [-0.1, -0.05) is 30.4 Å². The molecule has 0 N–H and O–H groups in total. The molecule has 0 heterocycles. The number of hydrogen-bond donors (Lipinski definition) is 0. The van der Waals surface area contributed by atoms with Crippen LogP contribution in [-0.4, -0.2) is 6.29 Å². The number of hydrogen-bond acceptors (Lipinski definition) is 1. The first kappa shape index (κ1) is 7.99. The molecule has 1 aliphatic carbocycles. The molecule has 1 heteroatoms. The fourth-order valence-electron chi connectivity index (χ4n) is 1.10. The lowest BCUT2D eigenvalue weighted by Crippen LogP contribution is -1.94. The Hall–Kier alpha value is -1.11. The Morgan fingerprint density at radius 3 is 2.91 bits per heavy atom. The largest absolute Gasteiger partial charge is 0.298 e. The van der Waals surface area contributed by atoms with E-state index in [1.807, 2.05) is 25.2 Å².